The van der Waals surface area contributed by atoms with Gasteiger partial charge in [0.05, 0.1) is 11.5 Å². The van der Waals surface area contributed by atoms with Gasteiger partial charge in [-0.05, 0) is 25.5 Å². The first-order chi connectivity index (χ1) is 7.03. The number of benzene rings is 1. The van der Waals surface area contributed by atoms with Gasteiger partial charge in [0.15, 0.2) is 0 Å². The van der Waals surface area contributed by atoms with Crippen LogP contribution in [0.25, 0.3) is 0 Å². The Bertz CT molecular complexity index is 422. The highest BCUT2D eigenvalue weighted by atomic mass is 35.5. The van der Waals surface area contributed by atoms with E-state index in [1.54, 1.807) is 25.1 Å². The fourth-order valence-corrected chi connectivity index (χ4v) is 1.60. The quantitative estimate of drug-likeness (QED) is 0.715. The van der Waals surface area contributed by atoms with Crippen LogP contribution in [0.1, 0.15) is 18.9 Å². The largest absolute Gasteiger partial charge is 0.207 e. The number of nitrogens with zero attached hydrogens (tertiary/aromatic N) is 1. The Hall–Kier alpha value is -1.33. The van der Waals surface area contributed by atoms with E-state index in [9.17, 15) is 4.39 Å². The molecule has 1 rings (SSSR count). The summed E-state index contributed by atoms with van der Waals surface area (Å²) in [6.45, 7) is 5.25. The summed E-state index contributed by atoms with van der Waals surface area (Å²) < 4.78 is 13.6. The predicted molar refractivity (Wildman–Crippen MR) is 59.2 cm³/mol. The summed E-state index contributed by atoms with van der Waals surface area (Å²) in [5, 5.41) is 9.39. The van der Waals surface area contributed by atoms with E-state index >= 15 is 0 Å². The molecule has 3 heteroatoms. The first-order valence-electron chi connectivity index (χ1n) is 4.51. The van der Waals surface area contributed by atoms with E-state index in [4.69, 9.17) is 16.9 Å². The molecule has 0 bridgehead atoms. The standard InChI is InChI=1S/C12H11ClFN/c1-3-6-12(2,8-15)10-5-4-9(13)7-11(10)14/h3-5,7H,1,6H2,2H3. The fourth-order valence-electron chi connectivity index (χ4n) is 1.44. The highest BCUT2D eigenvalue weighted by Crippen LogP contribution is 2.30. The SMILES string of the molecule is C=CCC(C)(C#N)c1ccc(Cl)cc1F. The van der Waals surface area contributed by atoms with E-state index in [1.807, 2.05) is 0 Å². The van der Waals surface area contributed by atoms with E-state index in [-0.39, 0.29) is 0 Å². The molecule has 1 aromatic rings. The maximum atomic E-state index is 13.6. The van der Waals surface area contributed by atoms with E-state index in [2.05, 4.69) is 12.6 Å². The number of hydrogen-bond donors (Lipinski definition) is 0. The van der Waals surface area contributed by atoms with Gasteiger partial charge in [-0.1, -0.05) is 23.7 Å². The smallest absolute Gasteiger partial charge is 0.129 e. The van der Waals surface area contributed by atoms with Gasteiger partial charge in [-0.25, -0.2) is 4.39 Å². The van der Waals surface area contributed by atoms with Crippen molar-refractivity contribution in [3.05, 3.63) is 47.3 Å². The molecule has 0 N–H and O–H groups in total. The molecule has 0 aliphatic rings. The minimum Gasteiger partial charge on any atom is -0.207 e. The van der Waals surface area contributed by atoms with E-state index in [0.29, 0.717) is 17.0 Å². The maximum Gasteiger partial charge on any atom is 0.129 e. The summed E-state index contributed by atoms with van der Waals surface area (Å²) >= 11 is 5.64. The Labute approximate surface area is 93.8 Å². The molecule has 0 radical (unpaired) electrons. The maximum absolute atomic E-state index is 13.6. The molecule has 1 atom stereocenters. The topological polar surface area (TPSA) is 23.8 Å². The third-order valence-corrected chi connectivity index (χ3v) is 2.56. The highest BCUT2D eigenvalue weighted by Gasteiger charge is 2.28. The molecule has 0 saturated heterocycles. The van der Waals surface area contributed by atoms with E-state index in [1.165, 1.54) is 6.07 Å². The summed E-state index contributed by atoms with van der Waals surface area (Å²) in [6.07, 6.45) is 2.01. The second-order valence-electron chi connectivity index (χ2n) is 3.56. The number of nitriles is 1. The lowest BCUT2D eigenvalue weighted by Gasteiger charge is -2.20. The third kappa shape index (κ3) is 2.37. The van der Waals surface area contributed by atoms with E-state index in [0.717, 1.165) is 0 Å². The third-order valence-electron chi connectivity index (χ3n) is 2.32. The zero-order valence-corrected chi connectivity index (χ0v) is 9.18. The Balaban J connectivity index is 3.25. The van der Waals surface area contributed by atoms with Gasteiger partial charge in [-0.15, -0.1) is 6.58 Å². The monoisotopic (exact) mass is 223 g/mol. The van der Waals surface area contributed by atoms with Crippen LogP contribution in [0.3, 0.4) is 0 Å². The second-order valence-corrected chi connectivity index (χ2v) is 4.00. The van der Waals surface area contributed by atoms with Crippen LogP contribution in [0.4, 0.5) is 4.39 Å². The van der Waals surface area contributed by atoms with Crippen molar-refractivity contribution in [1.29, 1.82) is 5.26 Å². The number of rotatable bonds is 3. The van der Waals surface area contributed by atoms with Gasteiger partial charge in [-0.3, -0.25) is 0 Å². The summed E-state index contributed by atoms with van der Waals surface area (Å²) in [5.41, 5.74) is -0.523. The van der Waals surface area contributed by atoms with Crippen LogP contribution in [-0.4, -0.2) is 0 Å². The van der Waals surface area contributed by atoms with Gasteiger partial charge in [0.2, 0.25) is 0 Å². The molecule has 78 valence electrons. The number of hydrogen-bond acceptors (Lipinski definition) is 1. The van der Waals surface area contributed by atoms with Crippen molar-refractivity contribution in [2.24, 2.45) is 0 Å². The van der Waals surface area contributed by atoms with Gasteiger partial charge < -0.3 is 0 Å². The Kier molecular flexibility index (Phi) is 3.49. The van der Waals surface area contributed by atoms with Crippen molar-refractivity contribution >= 4 is 11.6 Å². The van der Waals surface area contributed by atoms with Crippen molar-refractivity contribution in [3.63, 3.8) is 0 Å². The average molecular weight is 224 g/mol. The molecule has 0 heterocycles. The van der Waals surface area contributed by atoms with Crippen LogP contribution in [0, 0.1) is 17.1 Å². The molecule has 1 unspecified atom stereocenters. The predicted octanol–water partition coefficient (Wildman–Crippen LogP) is 3.84. The summed E-state index contributed by atoms with van der Waals surface area (Å²) in [6, 6.07) is 6.45. The molecule has 0 spiro atoms. The van der Waals surface area contributed by atoms with Crippen LogP contribution in [0.5, 0.6) is 0 Å². The lowest BCUT2D eigenvalue weighted by Crippen LogP contribution is -2.20. The van der Waals surface area contributed by atoms with Crippen LogP contribution < -0.4 is 0 Å². The van der Waals surface area contributed by atoms with Gasteiger partial charge in [-0.2, -0.15) is 5.26 Å². The zero-order valence-electron chi connectivity index (χ0n) is 8.43. The summed E-state index contributed by atoms with van der Waals surface area (Å²) in [5.74, 6) is -0.451. The van der Waals surface area contributed by atoms with Crippen LogP contribution in [-0.2, 0) is 5.41 Å². The Morgan fingerprint density at radius 2 is 2.33 bits per heavy atom. The average Bonchev–Trinajstić information content (AvgIpc) is 2.17. The van der Waals surface area contributed by atoms with Crippen LogP contribution >= 0.6 is 11.6 Å². The van der Waals surface area contributed by atoms with Gasteiger partial charge in [0, 0.05) is 10.6 Å². The molecule has 15 heavy (non-hydrogen) atoms. The fraction of sp³-hybridized carbons (Fsp3) is 0.250. The first kappa shape index (κ1) is 11.7. The normalized spacial score (nSPS) is 14.0. The molecular formula is C12H11ClFN. The van der Waals surface area contributed by atoms with Crippen molar-refractivity contribution < 1.29 is 4.39 Å². The Morgan fingerprint density at radius 3 is 2.80 bits per heavy atom. The highest BCUT2D eigenvalue weighted by molar-refractivity contribution is 6.30. The van der Waals surface area contributed by atoms with Gasteiger partial charge in [0.25, 0.3) is 0 Å². The lowest BCUT2D eigenvalue weighted by molar-refractivity contribution is 0.541. The van der Waals surface area contributed by atoms with Crippen molar-refractivity contribution in [1.82, 2.24) is 0 Å². The van der Waals surface area contributed by atoms with Crippen molar-refractivity contribution in [2.45, 2.75) is 18.8 Å². The van der Waals surface area contributed by atoms with Crippen molar-refractivity contribution in [3.8, 4) is 6.07 Å². The molecule has 1 aromatic carbocycles. The summed E-state index contributed by atoms with van der Waals surface area (Å²) in [4.78, 5) is 0. The van der Waals surface area contributed by atoms with Gasteiger partial charge in [0.1, 0.15) is 5.82 Å². The van der Waals surface area contributed by atoms with Gasteiger partial charge >= 0.3 is 0 Å². The molecular weight excluding hydrogens is 213 g/mol. The molecule has 0 aliphatic carbocycles. The molecule has 0 saturated carbocycles. The van der Waals surface area contributed by atoms with Crippen molar-refractivity contribution in [2.75, 3.05) is 0 Å². The minimum absolute atomic E-state index is 0.329. The molecule has 0 fully saturated rings. The van der Waals surface area contributed by atoms with Crippen LogP contribution in [0.2, 0.25) is 5.02 Å². The molecule has 0 aromatic heterocycles. The first-order valence-corrected chi connectivity index (χ1v) is 4.89. The minimum atomic E-state index is -0.879. The number of allylic oxidation sites excluding steroid dienone is 1. The number of halogens is 2. The lowest BCUT2D eigenvalue weighted by atomic mass is 9.81. The summed E-state index contributed by atoms with van der Waals surface area (Å²) in [7, 11) is 0. The molecule has 0 amide bonds. The molecule has 1 nitrogen and oxygen atoms in total. The molecule has 0 aliphatic heterocycles. The zero-order chi connectivity index (χ0) is 11.5. The second kappa shape index (κ2) is 4.46. The van der Waals surface area contributed by atoms with Crippen LogP contribution in [0.15, 0.2) is 30.9 Å². The Morgan fingerprint density at radius 1 is 1.67 bits per heavy atom. The van der Waals surface area contributed by atoms with E-state index < -0.39 is 11.2 Å².